The van der Waals surface area contributed by atoms with Gasteiger partial charge in [-0.3, -0.25) is 9.69 Å². The molecule has 1 aliphatic heterocycles. The molecule has 4 nitrogen and oxygen atoms in total. The van der Waals surface area contributed by atoms with Crippen molar-refractivity contribution in [3.8, 4) is 0 Å². The molecule has 1 aromatic rings. The minimum Gasteiger partial charge on any atom is -0.340 e. The second-order valence-corrected chi connectivity index (χ2v) is 5.38. The van der Waals surface area contributed by atoms with Gasteiger partial charge in [-0.25, -0.2) is 4.39 Å². The minimum atomic E-state index is -0.376. The Morgan fingerprint density at radius 1 is 1.36 bits per heavy atom. The summed E-state index contributed by atoms with van der Waals surface area (Å²) in [5, 5.41) is 3.59. The number of rotatable bonds is 4. The van der Waals surface area contributed by atoms with Crippen LogP contribution in [-0.2, 0) is 11.3 Å². The van der Waals surface area contributed by atoms with Gasteiger partial charge in [0.25, 0.3) is 0 Å². The van der Waals surface area contributed by atoms with E-state index in [0.29, 0.717) is 17.1 Å². The molecule has 1 N–H and O–H groups in total. The molecule has 0 aromatic heterocycles. The molecule has 0 spiro atoms. The molecule has 0 atom stereocenters. The number of hydrogen-bond acceptors (Lipinski definition) is 3. The molecule has 1 aliphatic rings. The number of nitrogens with zero attached hydrogens (tertiary/aromatic N) is 2. The summed E-state index contributed by atoms with van der Waals surface area (Å²) in [6, 6.07) is 4.55. The van der Waals surface area contributed by atoms with Crippen molar-refractivity contribution in [2.24, 2.45) is 0 Å². The summed E-state index contributed by atoms with van der Waals surface area (Å²) in [4.78, 5) is 15.8. The average Bonchev–Trinajstić information content (AvgIpc) is 2.44. The van der Waals surface area contributed by atoms with Gasteiger partial charge in [-0.1, -0.05) is 17.7 Å². The van der Waals surface area contributed by atoms with Crippen molar-refractivity contribution in [2.45, 2.75) is 6.54 Å². The van der Waals surface area contributed by atoms with Crippen molar-refractivity contribution in [2.75, 3.05) is 39.8 Å². The van der Waals surface area contributed by atoms with Crippen molar-refractivity contribution in [1.29, 1.82) is 0 Å². The number of piperazine rings is 1. The summed E-state index contributed by atoms with van der Waals surface area (Å²) in [5.41, 5.74) is 0.366. The van der Waals surface area contributed by atoms with Gasteiger partial charge in [0.2, 0.25) is 5.91 Å². The van der Waals surface area contributed by atoms with E-state index >= 15 is 0 Å². The van der Waals surface area contributed by atoms with Crippen molar-refractivity contribution in [1.82, 2.24) is 15.1 Å². The van der Waals surface area contributed by atoms with Crippen LogP contribution in [0.4, 0.5) is 4.39 Å². The highest BCUT2D eigenvalue weighted by molar-refractivity contribution is 6.31. The number of carbonyl (C=O) groups is 1. The van der Waals surface area contributed by atoms with Crippen LogP contribution in [0.5, 0.6) is 0 Å². The van der Waals surface area contributed by atoms with E-state index in [4.69, 9.17) is 11.6 Å². The molecule has 22 heavy (non-hydrogen) atoms. The zero-order chi connectivity index (χ0) is 14.5. The highest BCUT2D eigenvalue weighted by Gasteiger charge is 2.18. The molecular weight excluding hydrogens is 352 g/mol. The van der Waals surface area contributed by atoms with Gasteiger partial charge in [-0.05, 0) is 12.1 Å². The van der Waals surface area contributed by atoms with Crippen LogP contribution >= 0.6 is 36.4 Å². The zero-order valence-electron chi connectivity index (χ0n) is 12.3. The second kappa shape index (κ2) is 10.2. The van der Waals surface area contributed by atoms with Gasteiger partial charge in [0.05, 0.1) is 6.54 Å². The Hall–Kier alpha value is -0.590. The first kappa shape index (κ1) is 21.4. The summed E-state index contributed by atoms with van der Waals surface area (Å²) in [6.45, 7) is 4.08. The maximum Gasteiger partial charge on any atom is 0.236 e. The predicted molar refractivity (Wildman–Crippen MR) is 91.7 cm³/mol. The fourth-order valence-corrected chi connectivity index (χ4v) is 2.41. The number of likely N-dealkylation sites (N-methyl/N-ethyl adjacent to an activating group) is 1. The van der Waals surface area contributed by atoms with Gasteiger partial charge in [0.1, 0.15) is 5.82 Å². The van der Waals surface area contributed by atoms with E-state index in [1.54, 1.807) is 19.2 Å². The number of nitrogens with one attached hydrogen (secondary N) is 1. The van der Waals surface area contributed by atoms with E-state index in [2.05, 4.69) is 10.2 Å². The highest BCUT2D eigenvalue weighted by atomic mass is 35.5. The molecule has 0 bridgehead atoms. The summed E-state index contributed by atoms with van der Waals surface area (Å²) < 4.78 is 13.7. The van der Waals surface area contributed by atoms with Crippen LogP contribution in [0.25, 0.3) is 0 Å². The Kier molecular flexibility index (Phi) is 9.96. The molecule has 126 valence electrons. The van der Waals surface area contributed by atoms with E-state index in [-0.39, 0.29) is 43.1 Å². The third kappa shape index (κ3) is 5.89. The topological polar surface area (TPSA) is 35.6 Å². The molecule has 1 saturated heterocycles. The van der Waals surface area contributed by atoms with E-state index in [9.17, 15) is 9.18 Å². The van der Waals surface area contributed by atoms with E-state index in [1.165, 1.54) is 11.0 Å². The number of benzene rings is 1. The van der Waals surface area contributed by atoms with E-state index in [1.807, 2.05) is 0 Å². The fraction of sp³-hybridized carbons (Fsp3) is 0.500. The molecule has 1 aromatic carbocycles. The molecular formula is C14H21Cl3FN3O. The molecule has 0 unspecified atom stereocenters. The molecule has 1 amide bonds. The van der Waals surface area contributed by atoms with Crippen molar-refractivity contribution < 1.29 is 9.18 Å². The maximum absolute atomic E-state index is 13.7. The summed E-state index contributed by atoms with van der Waals surface area (Å²) >= 11 is 5.97. The van der Waals surface area contributed by atoms with Gasteiger partial charge in [0, 0.05) is 50.4 Å². The lowest BCUT2D eigenvalue weighted by Crippen LogP contribution is -2.47. The average molecular weight is 373 g/mol. The SMILES string of the molecule is CN(Cc1c(F)cccc1Cl)C(=O)CN1CCNCC1.Cl.Cl. The molecule has 0 aliphatic carbocycles. The normalized spacial score (nSPS) is 14.7. The van der Waals surface area contributed by atoms with Crippen molar-refractivity contribution in [3.63, 3.8) is 0 Å². The van der Waals surface area contributed by atoms with Gasteiger partial charge < -0.3 is 10.2 Å². The van der Waals surface area contributed by atoms with Gasteiger partial charge >= 0.3 is 0 Å². The van der Waals surface area contributed by atoms with Crippen molar-refractivity contribution >= 4 is 42.3 Å². The van der Waals surface area contributed by atoms with Crippen LogP contribution in [-0.4, -0.2) is 55.5 Å². The third-order valence-corrected chi connectivity index (χ3v) is 3.81. The molecule has 0 saturated carbocycles. The summed E-state index contributed by atoms with van der Waals surface area (Å²) in [7, 11) is 1.67. The number of carbonyl (C=O) groups excluding carboxylic acids is 1. The van der Waals surface area contributed by atoms with Crippen LogP contribution in [0.15, 0.2) is 18.2 Å². The first-order valence-electron chi connectivity index (χ1n) is 6.68. The molecule has 1 fully saturated rings. The van der Waals surface area contributed by atoms with E-state index in [0.717, 1.165) is 26.2 Å². The quantitative estimate of drug-likeness (QED) is 0.880. The predicted octanol–water partition coefficient (Wildman–Crippen LogP) is 2.19. The van der Waals surface area contributed by atoms with Crippen LogP contribution in [0, 0.1) is 5.82 Å². The first-order chi connectivity index (χ1) is 9.58. The first-order valence-corrected chi connectivity index (χ1v) is 7.05. The lowest BCUT2D eigenvalue weighted by molar-refractivity contribution is -0.131. The smallest absolute Gasteiger partial charge is 0.236 e. The molecule has 8 heteroatoms. The standard InChI is InChI=1S/C14H19ClFN3O.2ClH/c1-18(9-11-12(15)3-2-4-13(11)16)14(20)10-19-7-5-17-6-8-19;;/h2-4,17H,5-10H2,1H3;2*1H. The molecule has 0 radical (unpaired) electrons. The van der Waals surface area contributed by atoms with Gasteiger partial charge in [-0.2, -0.15) is 0 Å². The Morgan fingerprint density at radius 2 is 2.00 bits per heavy atom. The maximum atomic E-state index is 13.7. The van der Waals surface area contributed by atoms with Crippen LogP contribution in [0.2, 0.25) is 5.02 Å². The number of hydrogen-bond donors (Lipinski definition) is 1. The monoisotopic (exact) mass is 371 g/mol. The molecule has 1 heterocycles. The lowest BCUT2D eigenvalue weighted by Gasteiger charge is -2.28. The Morgan fingerprint density at radius 3 is 2.59 bits per heavy atom. The largest absolute Gasteiger partial charge is 0.340 e. The van der Waals surface area contributed by atoms with Crippen molar-refractivity contribution in [3.05, 3.63) is 34.6 Å². The Labute approximate surface area is 147 Å². The summed E-state index contributed by atoms with van der Waals surface area (Å²) in [5.74, 6) is -0.398. The van der Waals surface area contributed by atoms with Crippen LogP contribution < -0.4 is 5.32 Å². The van der Waals surface area contributed by atoms with Gasteiger partial charge in [0.15, 0.2) is 0 Å². The third-order valence-electron chi connectivity index (χ3n) is 3.45. The van der Waals surface area contributed by atoms with Crippen LogP contribution in [0.3, 0.4) is 0 Å². The second-order valence-electron chi connectivity index (χ2n) is 4.98. The lowest BCUT2D eigenvalue weighted by atomic mass is 10.2. The highest BCUT2D eigenvalue weighted by Crippen LogP contribution is 2.20. The fourth-order valence-electron chi connectivity index (χ4n) is 2.19. The zero-order valence-corrected chi connectivity index (χ0v) is 14.7. The van der Waals surface area contributed by atoms with Gasteiger partial charge in [-0.15, -0.1) is 24.8 Å². The number of halogens is 4. The minimum absolute atomic E-state index is 0. The van der Waals surface area contributed by atoms with Crippen LogP contribution in [0.1, 0.15) is 5.56 Å². The summed E-state index contributed by atoms with van der Waals surface area (Å²) in [6.07, 6.45) is 0. The number of amides is 1. The Balaban J connectivity index is 0.00000220. The molecule has 2 rings (SSSR count). The Bertz CT molecular complexity index is 464. The van der Waals surface area contributed by atoms with E-state index < -0.39 is 0 Å².